The highest BCUT2D eigenvalue weighted by Gasteiger charge is 2.23. The third-order valence-electron chi connectivity index (χ3n) is 4.65. The Bertz CT molecular complexity index is 777. The molecular formula is C20H24FN3O2. The maximum atomic E-state index is 12.7. The average molecular weight is 357 g/mol. The Morgan fingerprint density at radius 1 is 1.27 bits per heavy atom. The van der Waals surface area contributed by atoms with Crippen LogP contribution in [-0.2, 0) is 17.8 Å². The molecule has 0 saturated heterocycles. The van der Waals surface area contributed by atoms with Gasteiger partial charge in [-0.05, 0) is 61.1 Å². The lowest BCUT2D eigenvalue weighted by Gasteiger charge is -2.29. The number of anilines is 3. The summed E-state index contributed by atoms with van der Waals surface area (Å²) in [6.07, 6.45) is 2.36. The Kier molecular flexibility index (Phi) is 5.61. The van der Waals surface area contributed by atoms with Crippen LogP contribution in [0.4, 0.5) is 26.2 Å². The first kappa shape index (κ1) is 18.0. The van der Waals surface area contributed by atoms with Crippen molar-refractivity contribution >= 4 is 23.2 Å². The van der Waals surface area contributed by atoms with Gasteiger partial charge in [0.1, 0.15) is 6.67 Å². The molecule has 0 fully saturated rings. The minimum Gasteiger partial charge on any atom is -0.450 e. The molecule has 0 bridgehead atoms. The molecule has 5 nitrogen and oxygen atoms in total. The van der Waals surface area contributed by atoms with Gasteiger partial charge in [-0.1, -0.05) is 18.2 Å². The van der Waals surface area contributed by atoms with E-state index in [-0.39, 0.29) is 6.04 Å². The SMILES string of the molecule is CCOC(=O)Nc1ccc2c(c1N)CCCC2Nc1ccc(CF)cc1. The van der Waals surface area contributed by atoms with Crippen molar-refractivity contribution in [3.05, 3.63) is 53.1 Å². The topological polar surface area (TPSA) is 76.4 Å². The van der Waals surface area contributed by atoms with E-state index in [4.69, 9.17) is 10.5 Å². The number of alkyl halides is 1. The fourth-order valence-electron chi connectivity index (χ4n) is 3.35. The summed E-state index contributed by atoms with van der Waals surface area (Å²) in [6, 6.07) is 11.3. The quantitative estimate of drug-likeness (QED) is 0.672. The molecule has 0 radical (unpaired) electrons. The number of halogens is 1. The van der Waals surface area contributed by atoms with Crippen molar-refractivity contribution in [1.82, 2.24) is 0 Å². The monoisotopic (exact) mass is 357 g/mol. The minimum atomic E-state index is -0.502. The summed E-state index contributed by atoms with van der Waals surface area (Å²) in [5.74, 6) is 0. The molecule has 0 heterocycles. The van der Waals surface area contributed by atoms with Crippen LogP contribution in [0.2, 0.25) is 0 Å². The second kappa shape index (κ2) is 8.08. The Hall–Kier alpha value is -2.76. The highest BCUT2D eigenvalue weighted by Crippen LogP contribution is 2.38. The maximum Gasteiger partial charge on any atom is 0.411 e. The van der Waals surface area contributed by atoms with Gasteiger partial charge in [-0.3, -0.25) is 5.32 Å². The molecule has 2 aromatic carbocycles. The Balaban J connectivity index is 1.80. The Morgan fingerprint density at radius 3 is 2.73 bits per heavy atom. The second-order valence-corrected chi connectivity index (χ2v) is 6.36. The largest absolute Gasteiger partial charge is 0.450 e. The summed E-state index contributed by atoms with van der Waals surface area (Å²) in [4.78, 5) is 11.7. The Morgan fingerprint density at radius 2 is 2.04 bits per heavy atom. The normalized spacial score (nSPS) is 15.8. The van der Waals surface area contributed by atoms with Crippen LogP contribution in [-0.4, -0.2) is 12.7 Å². The summed E-state index contributed by atoms with van der Waals surface area (Å²) < 4.78 is 17.6. The number of amides is 1. The zero-order valence-electron chi connectivity index (χ0n) is 14.8. The van der Waals surface area contributed by atoms with E-state index in [1.165, 1.54) is 0 Å². The standard InChI is InChI=1S/C20H24FN3O2/c1-2-26-20(25)24-18-11-10-15-16(19(18)22)4-3-5-17(15)23-14-8-6-13(12-21)7-9-14/h6-11,17,23H,2-5,12,22H2,1H3,(H,24,25). The van der Waals surface area contributed by atoms with Crippen molar-refractivity contribution in [2.24, 2.45) is 0 Å². The summed E-state index contributed by atoms with van der Waals surface area (Å²) >= 11 is 0. The first-order chi connectivity index (χ1) is 12.6. The molecule has 4 N–H and O–H groups in total. The smallest absolute Gasteiger partial charge is 0.411 e. The lowest BCUT2D eigenvalue weighted by Crippen LogP contribution is -2.20. The van der Waals surface area contributed by atoms with Crippen LogP contribution in [0.1, 0.15) is 42.5 Å². The average Bonchev–Trinajstić information content (AvgIpc) is 2.65. The summed E-state index contributed by atoms with van der Waals surface area (Å²) in [5.41, 5.74) is 11.3. The van der Waals surface area contributed by atoms with Gasteiger partial charge < -0.3 is 15.8 Å². The van der Waals surface area contributed by atoms with Crippen molar-refractivity contribution in [2.75, 3.05) is 23.0 Å². The third-order valence-corrected chi connectivity index (χ3v) is 4.65. The summed E-state index contributed by atoms with van der Waals surface area (Å²) in [6.45, 7) is 1.61. The fourth-order valence-corrected chi connectivity index (χ4v) is 3.35. The van der Waals surface area contributed by atoms with Gasteiger partial charge in [0.05, 0.1) is 24.0 Å². The zero-order chi connectivity index (χ0) is 18.5. The molecule has 6 heteroatoms. The van der Waals surface area contributed by atoms with E-state index < -0.39 is 12.8 Å². The van der Waals surface area contributed by atoms with E-state index in [9.17, 15) is 9.18 Å². The van der Waals surface area contributed by atoms with E-state index >= 15 is 0 Å². The number of ether oxygens (including phenoxy) is 1. The molecule has 1 amide bonds. The molecule has 3 rings (SSSR count). The van der Waals surface area contributed by atoms with Crippen molar-refractivity contribution in [2.45, 2.75) is 38.9 Å². The highest BCUT2D eigenvalue weighted by molar-refractivity contribution is 5.90. The number of hydrogen-bond donors (Lipinski definition) is 3. The first-order valence-electron chi connectivity index (χ1n) is 8.88. The van der Waals surface area contributed by atoms with E-state index in [2.05, 4.69) is 10.6 Å². The molecule has 26 heavy (non-hydrogen) atoms. The van der Waals surface area contributed by atoms with Crippen LogP contribution >= 0.6 is 0 Å². The number of carbonyl (C=O) groups is 1. The number of benzene rings is 2. The molecule has 138 valence electrons. The number of nitrogens with one attached hydrogen (secondary N) is 2. The number of hydrogen-bond acceptors (Lipinski definition) is 4. The molecule has 2 aromatic rings. The number of rotatable bonds is 5. The van der Waals surface area contributed by atoms with Crippen molar-refractivity contribution < 1.29 is 13.9 Å². The molecule has 1 atom stereocenters. The molecule has 1 aliphatic rings. The van der Waals surface area contributed by atoms with Crippen LogP contribution in [0.25, 0.3) is 0 Å². The van der Waals surface area contributed by atoms with E-state index in [1.807, 2.05) is 24.3 Å². The molecule has 0 saturated carbocycles. The van der Waals surface area contributed by atoms with Crippen LogP contribution < -0.4 is 16.4 Å². The van der Waals surface area contributed by atoms with Crippen molar-refractivity contribution in [3.8, 4) is 0 Å². The maximum absolute atomic E-state index is 12.7. The van der Waals surface area contributed by atoms with E-state index in [0.29, 0.717) is 23.5 Å². The van der Waals surface area contributed by atoms with E-state index in [1.54, 1.807) is 19.1 Å². The van der Waals surface area contributed by atoms with Gasteiger partial charge in [0, 0.05) is 5.69 Å². The lowest BCUT2D eigenvalue weighted by molar-refractivity contribution is 0.168. The number of carbonyl (C=O) groups excluding carboxylic acids is 1. The van der Waals surface area contributed by atoms with Gasteiger partial charge in [-0.25, -0.2) is 9.18 Å². The summed E-state index contributed by atoms with van der Waals surface area (Å²) in [7, 11) is 0. The second-order valence-electron chi connectivity index (χ2n) is 6.36. The predicted octanol–water partition coefficient (Wildman–Crippen LogP) is 4.80. The molecule has 0 aliphatic heterocycles. The van der Waals surface area contributed by atoms with Gasteiger partial charge in [0.25, 0.3) is 0 Å². The molecule has 1 unspecified atom stereocenters. The Labute approximate surface area is 152 Å². The first-order valence-corrected chi connectivity index (χ1v) is 8.88. The molecular weight excluding hydrogens is 333 g/mol. The predicted molar refractivity (Wildman–Crippen MR) is 102 cm³/mol. The zero-order valence-corrected chi connectivity index (χ0v) is 14.8. The van der Waals surface area contributed by atoms with Crippen molar-refractivity contribution in [3.63, 3.8) is 0 Å². The molecule has 0 aromatic heterocycles. The fraction of sp³-hybridized carbons (Fsp3) is 0.350. The van der Waals surface area contributed by atoms with Gasteiger partial charge >= 0.3 is 6.09 Å². The molecule has 0 spiro atoms. The highest BCUT2D eigenvalue weighted by atomic mass is 19.1. The van der Waals surface area contributed by atoms with Gasteiger partial charge in [-0.15, -0.1) is 0 Å². The minimum absolute atomic E-state index is 0.133. The number of nitrogens with two attached hydrogens (primary N) is 1. The van der Waals surface area contributed by atoms with Gasteiger partial charge in [-0.2, -0.15) is 0 Å². The van der Waals surface area contributed by atoms with E-state index in [0.717, 1.165) is 36.1 Å². The van der Waals surface area contributed by atoms with Gasteiger partial charge in [0.15, 0.2) is 0 Å². The van der Waals surface area contributed by atoms with Gasteiger partial charge in [0.2, 0.25) is 0 Å². The molecule has 1 aliphatic carbocycles. The van der Waals surface area contributed by atoms with Crippen molar-refractivity contribution in [1.29, 1.82) is 0 Å². The number of fused-ring (bicyclic) bond motifs is 1. The van der Waals surface area contributed by atoms with Crippen LogP contribution in [0.3, 0.4) is 0 Å². The van der Waals surface area contributed by atoms with Crippen LogP contribution in [0.5, 0.6) is 0 Å². The van der Waals surface area contributed by atoms with Crippen LogP contribution in [0.15, 0.2) is 36.4 Å². The third kappa shape index (κ3) is 3.90. The number of nitrogen functional groups attached to an aromatic ring is 1. The summed E-state index contributed by atoms with van der Waals surface area (Å²) in [5, 5.41) is 6.20. The lowest BCUT2D eigenvalue weighted by atomic mass is 9.86. The van der Waals surface area contributed by atoms with Crippen LogP contribution in [0, 0.1) is 0 Å².